The summed E-state index contributed by atoms with van der Waals surface area (Å²) < 4.78 is 0. The molecule has 1 unspecified atom stereocenters. The molecule has 4 heteroatoms. The van der Waals surface area contributed by atoms with Gasteiger partial charge in [0.05, 0.1) is 4.88 Å². The minimum atomic E-state index is 0.141. The lowest BCUT2D eigenvalue weighted by atomic mass is 9.72. The minimum Gasteiger partial charge on any atom is -0.341 e. The highest BCUT2D eigenvalue weighted by molar-refractivity contribution is 7.14. The van der Waals surface area contributed by atoms with Gasteiger partial charge >= 0.3 is 0 Å². The van der Waals surface area contributed by atoms with E-state index in [0.717, 1.165) is 29.8 Å². The van der Waals surface area contributed by atoms with Gasteiger partial charge in [-0.1, -0.05) is 26.8 Å². The van der Waals surface area contributed by atoms with E-state index < -0.39 is 0 Å². The van der Waals surface area contributed by atoms with Crippen molar-refractivity contribution in [2.24, 2.45) is 11.3 Å². The molecule has 1 amide bonds. The normalized spacial score (nSPS) is 17.2. The van der Waals surface area contributed by atoms with Gasteiger partial charge in [-0.15, -0.1) is 11.3 Å². The molecule has 3 rings (SSSR count). The molecule has 0 spiro atoms. The summed E-state index contributed by atoms with van der Waals surface area (Å²) in [4.78, 5) is 21.2. The number of rotatable bonds is 4. The molecule has 0 N–H and O–H groups in total. The van der Waals surface area contributed by atoms with Crippen LogP contribution in [0.15, 0.2) is 30.5 Å². The number of aryl methyl sites for hydroxylation is 1. The van der Waals surface area contributed by atoms with Gasteiger partial charge in [-0.25, -0.2) is 0 Å². The van der Waals surface area contributed by atoms with Crippen molar-refractivity contribution in [1.29, 1.82) is 0 Å². The van der Waals surface area contributed by atoms with Crippen LogP contribution in [0.4, 0.5) is 0 Å². The topological polar surface area (TPSA) is 33.2 Å². The number of amides is 1. The van der Waals surface area contributed by atoms with E-state index in [1.165, 1.54) is 16.9 Å². The molecule has 25 heavy (non-hydrogen) atoms. The molecule has 1 aliphatic rings. The van der Waals surface area contributed by atoms with Gasteiger partial charge in [-0.05, 0) is 54.4 Å². The van der Waals surface area contributed by atoms with Crippen LogP contribution in [0.1, 0.15) is 53.0 Å². The summed E-state index contributed by atoms with van der Waals surface area (Å²) in [5, 5.41) is 0. The predicted molar refractivity (Wildman–Crippen MR) is 104 cm³/mol. The number of pyridine rings is 1. The van der Waals surface area contributed by atoms with Gasteiger partial charge in [0, 0.05) is 36.8 Å². The van der Waals surface area contributed by atoms with Crippen LogP contribution >= 0.6 is 11.3 Å². The van der Waals surface area contributed by atoms with Gasteiger partial charge in [0.15, 0.2) is 0 Å². The number of hydrogen-bond acceptors (Lipinski definition) is 3. The third-order valence-corrected chi connectivity index (χ3v) is 6.52. The van der Waals surface area contributed by atoms with Crippen molar-refractivity contribution >= 4 is 17.2 Å². The van der Waals surface area contributed by atoms with Crippen molar-refractivity contribution in [3.05, 3.63) is 51.5 Å². The first-order valence-corrected chi connectivity index (χ1v) is 9.93. The molecule has 0 aromatic carbocycles. The number of thiophene rings is 1. The predicted octanol–water partition coefficient (Wildman–Crippen LogP) is 4.61. The maximum absolute atomic E-state index is 12.8. The quantitative estimate of drug-likeness (QED) is 0.801. The number of carbonyl (C=O) groups is 1. The molecule has 0 aliphatic heterocycles. The lowest BCUT2D eigenvalue weighted by Gasteiger charge is -2.33. The fraction of sp³-hybridized carbons (Fsp3) is 0.524. The van der Waals surface area contributed by atoms with Crippen LogP contribution in [0.3, 0.4) is 0 Å². The van der Waals surface area contributed by atoms with Crippen molar-refractivity contribution in [2.45, 2.75) is 46.5 Å². The second-order valence-electron chi connectivity index (χ2n) is 8.16. The van der Waals surface area contributed by atoms with E-state index in [0.29, 0.717) is 17.9 Å². The van der Waals surface area contributed by atoms with Gasteiger partial charge < -0.3 is 4.90 Å². The Bertz CT molecular complexity index is 730. The second-order valence-corrected chi connectivity index (χ2v) is 9.30. The highest BCUT2D eigenvalue weighted by Crippen LogP contribution is 2.40. The molecular formula is C21H28N2OS. The Balaban J connectivity index is 1.64. The Morgan fingerprint density at radius 1 is 1.36 bits per heavy atom. The summed E-state index contributed by atoms with van der Waals surface area (Å²) in [6, 6.07) is 8.06. The molecular weight excluding hydrogens is 328 g/mol. The Kier molecular flexibility index (Phi) is 5.28. The highest BCUT2D eigenvalue weighted by atomic mass is 32.1. The zero-order valence-electron chi connectivity index (χ0n) is 15.7. The van der Waals surface area contributed by atoms with Gasteiger partial charge in [-0.3, -0.25) is 9.78 Å². The molecule has 0 fully saturated rings. The number of nitrogens with zero attached hydrogens (tertiary/aromatic N) is 2. The summed E-state index contributed by atoms with van der Waals surface area (Å²) in [6.07, 6.45) is 6.06. The molecule has 3 nitrogen and oxygen atoms in total. The van der Waals surface area contributed by atoms with Crippen LogP contribution in [0, 0.1) is 11.3 Å². The molecule has 0 radical (unpaired) electrons. The van der Waals surface area contributed by atoms with Crippen LogP contribution in [0.2, 0.25) is 0 Å². The largest absolute Gasteiger partial charge is 0.341 e. The summed E-state index contributed by atoms with van der Waals surface area (Å²) >= 11 is 1.70. The minimum absolute atomic E-state index is 0.141. The number of fused-ring (bicyclic) bond motifs is 1. The monoisotopic (exact) mass is 356 g/mol. The first-order valence-electron chi connectivity index (χ1n) is 9.11. The van der Waals surface area contributed by atoms with Crippen molar-refractivity contribution in [2.75, 3.05) is 13.6 Å². The second kappa shape index (κ2) is 7.28. The Morgan fingerprint density at radius 3 is 2.84 bits per heavy atom. The average molecular weight is 357 g/mol. The first-order chi connectivity index (χ1) is 11.8. The molecule has 1 aliphatic carbocycles. The summed E-state index contributed by atoms with van der Waals surface area (Å²) in [5.74, 6) is 0.849. The fourth-order valence-corrected chi connectivity index (χ4v) is 4.69. The van der Waals surface area contributed by atoms with E-state index in [2.05, 4.69) is 31.8 Å². The van der Waals surface area contributed by atoms with Gasteiger partial charge in [0.25, 0.3) is 5.91 Å². The smallest absolute Gasteiger partial charge is 0.263 e. The van der Waals surface area contributed by atoms with Gasteiger partial charge in [-0.2, -0.15) is 0 Å². The maximum Gasteiger partial charge on any atom is 0.263 e. The SMILES string of the molecule is CN(CCc1ccccn1)C(=O)c1cc2c(s1)CCC(C(C)(C)C)C2. The number of hydrogen-bond donors (Lipinski definition) is 0. The molecule has 1 atom stereocenters. The summed E-state index contributed by atoms with van der Waals surface area (Å²) in [5.41, 5.74) is 2.77. The molecule has 2 aromatic rings. The van der Waals surface area contributed by atoms with Gasteiger partial charge in [0.2, 0.25) is 0 Å². The van der Waals surface area contributed by atoms with E-state index in [9.17, 15) is 4.79 Å². The van der Waals surface area contributed by atoms with Gasteiger partial charge in [0.1, 0.15) is 0 Å². The third kappa shape index (κ3) is 4.30. The number of carbonyl (C=O) groups excluding carboxylic acids is 1. The van der Waals surface area contributed by atoms with Crippen LogP contribution in [-0.2, 0) is 19.3 Å². The number of aromatic nitrogens is 1. The lowest BCUT2D eigenvalue weighted by Crippen LogP contribution is -2.28. The van der Waals surface area contributed by atoms with E-state index in [1.54, 1.807) is 17.5 Å². The summed E-state index contributed by atoms with van der Waals surface area (Å²) in [6.45, 7) is 7.68. The molecule has 0 saturated carbocycles. The molecule has 2 heterocycles. The van der Waals surface area contributed by atoms with Crippen molar-refractivity contribution in [1.82, 2.24) is 9.88 Å². The van der Waals surface area contributed by atoms with E-state index in [4.69, 9.17) is 0 Å². The van der Waals surface area contributed by atoms with Crippen LogP contribution < -0.4 is 0 Å². The standard InChI is InChI=1S/C21H28N2OS/c1-21(2,3)16-8-9-18-15(13-16)14-19(25-18)20(24)23(4)12-10-17-7-5-6-11-22-17/h5-7,11,14,16H,8-10,12-13H2,1-4H3. The highest BCUT2D eigenvalue weighted by Gasteiger charge is 2.30. The Labute approximate surface area is 155 Å². The molecule has 2 aromatic heterocycles. The van der Waals surface area contributed by atoms with E-state index in [1.807, 2.05) is 30.1 Å². The first kappa shape index (κ1) is 18.1. The zero-order valence-corrected chi connectivity index (χ0v) is 16.5. The lowest BCUT2D eigenvalue weighted by molar-refractivity contribution is 0.0801. The summed E-state index contributed by atoms with van der Waals surface area (Å²) in [7, 11) is 1.89. The third-order valence-electron chi connectivity index (χ3n) is 5.29. The van der Waals surface area contributed by atoms with E-state index in [-0.39, 0.29) is 5.91 Å². The van der Waals surface area contributed by atoms with Crippen molar-refractivity contribution < 1.29 is 4.79 Å². The maximum atomic E-state index is 12.8. The average Bonchev–Trinajstić information content (AvgIpc) is 3.02. The number of likely N-dealkylation sites (N-methyl/N-ethyl adjacent to an activating group) is 1. The Hall–Kier alpha value is -1.68. The Morgan fingerprint density at radius 2 is 2.16 bits per heavy atom. The molecule has 0 bridgehead atoms. The van der Waals surface area contributed by atoms with Crippen molar-refractivity contribution in [3.63, 3.8) is 0 Å². The fourth-order valence-electron chi connectivity index (χ4n) is 3.49. The molecule has 0 saturated heterocycles. The van der Waals surface area contributed by atoms with Crippen LogP contribution in [-0.4, -0.2) is 29.4 Å². The zero-order chi connectivity index (χ0) is 18.0. The van der Waals surface area contributed by atoms with E-state index >= 15 is 0 Å². The van der Waals surface area contributed by atoms with Crippen LogP contribution in [0.5, 0.6) is 0 Å². The molecule has 134 valence electrons. The van der Waals surface area contributed by atoms with Crippen LogP contribution in [0.25, 0.3) is 0 Å². The van der Waals surface area contributed by atoms with Crippen molar-refractivity contribution in [3.8, 4) is 0 Å².